The highest BCUT2D eigenvalue weighted by molar-refractivity contribution is 5.34. The van der Waals surface area contributed by atoms with Crippen LogP contribution < -0.4 is 4.74 Å². The minimum atomic E-state index is 0.673. The van der Waals surface area contributed by atoms with E-state index in [0.717, 1.165) is 24.7 Å². The van der Waals surface area contributed by atoms with Gasteiger partial charge in [0.25, 0.3) is 0 Å². The van der Waals surface area contributed by atoms with Crippen molar-refractivity contribution in [3.05, 3.63) is 29.8 Å². The van der Waals surface area contributed by atoms with E-state index in [4.69, 9.17) is 10.00 Å². The van der Waals surface area contributed by atoms with E-state index >= 15 is 0 Å². The van der Waals surface area contributed by atoms with Gasteiger partial charge in [-0.1, -0.05) is 20.3 Å². The number of ether oxygens (including phenoxy) is 1. The summed E-state index contributed by atoms with van der Waals surface area (Å²) in [7, 11) is 0. The normalized spacial score (nSPS) is 10.1. The second-order valence-electron chi connectivity index (χ2n) is 4.37. The molecule has 1 aromatic rings. The molecule has 16 heavy (non-hydrogen) atoms. The molecule has 2 heteroatoms. The molecule has 0 radical (unpaired) electrons. The standard InChI is InChI=1S/C14H19NO/c1-12(2)5-3-4-10-16-14-8-6-13(11-15)7-9-14/h6-9,12H,3-5,10H2,1-2H3. The van der Waals surface area contributed by atoms with Gasteiger partial charge in [-0.25, -0.2) is 0 Å². The van der Waals surface area contributed by atoms with Crippen molar-refractivity contribution in [2.75, 3.05) is 6.61 Å². The van der Waals surface area contributed by atoms with Crippen LogP contribution >= 0.6 is 0 Å². The number of nitrogens with zero attached hydrogens (tertiary/aromatic N) is 1. The van der Waals surface area contributed by atoms with Crippen LogP contribution in [0.4, 0.5) is 0 Å². The average Bonchev–Trinajstić information content (AvgIpc) is 2.29. The van der Waals surface area contributed by atoms with Crippen molar-refractivity contribution in [2.24, 2.45) is 5.92 Å². The van der Waals surface area contributed by atoms with Gasteiger partial charge in [0.2, 0.25) is 0 Å². The van der Waals surface area contributed by atoms with Gasteiger partial charge in [0.05, 0.1) is 18.2 Å². The molecule has 0 N–H and O–H groups in total. The Hall–Kier alpha value is -1.49. The maximum atomic E-state index is 8.64. The second-order valence-corrected chi connectivity index (χ2v) is 4.37. The number of nitriles is 1. The lowest BCUT2D eigenvalue weighted by molar-refractivity contribution is 0.301. The van der Waals surface area contributed by atoms with E-state index in [2.05, 4.69) is 19.9 Å². The van der Waals surface area contributed by atoms with Gasteiger partial charge in [0.1, 0.15) is 5.75 Å². The quantitative estimate of drug-likeness (QED) is 0.680. The van der Waals surface area contributed by atoms with Crippen molar-refractivity contribution in [1.29, 1.82) is 5.26 Å². The molecule has 2 nitrogen and oxygen atoms in total. The molecule has 0 aliphatic heterocycles. The topological polar surface area (TPSA) is 33.0 Å². The zero-order chi connectivity index (χ0) is 11.8. The van der Waals surface area contributed by atoms with Crippen LogP contribution in [0.5, 0.6) is 5.75 Å². The summed E-state index contributed by atoms with van der Waals surface area (Å²) in [6, 6.07) is 9.35. The molecule has 0 saturated carbocycles. The Morgan fingerprint density at radius 2 is 1.88 bits per heavy atom. The molecule has 0 spiro atoms. The van der Waals surface area contributed by atoms with Crippen LogP contribution in [0.2, 0.25) is 0 Å². The molecule has 0 atom stereocenters. The van der Waals surface area contributed by atoms with Crippen LogP contribution in [0, 0.1) is 17.2 Å². The first kappa shape index (κ1) is 12.6. The maximum absolute atomic E-state index is 8.64. The Labute approximate surface area is 97.9 Å². The van der Waals surface area contributed by atoms with E-state index < -0.39 is 0 Å². The van der Waals surface area contributed by atoms with Crippen LogP contribution in [-0.4, -0.2) is 6.61 Å². The minimum Gasteiger partial charge on any atom is -0.494 e. The highest BCUT2D eigenvalue weighted by Crippen LogP contribution is 2.13. The maximum Gasteiger partial charge on any atom is 0.119 e. The summed E-state index contributed by atoms with van der Waals surface area (Å²) < 4.78 is 5.58. The Bertz CT molecular complexity index is 335. The van der Waals surface area contributed by atoms with Crippen molar-refractivity contribution >= 4 is 0 Å². The minimum absolute atomic E-state index is 0.673. The summed E-state index contributed by atoms with van der Waals surface area (Å²) in [5.74, 6) is 1.62. The molecular formula is C14H19NO. The molecule has 1 rings (SSSR count). The molecule has 0 aliphatic rings. The first-order chi connectivity index (χ1) is 7.72. The Morgan fingerprint density at radius 1 is 1.19 bits per heavy atom. The molecule has 0 aliphatic carbocycles. The van der Waals surface area contributed by atoms with Gasteiger partial charge in [-0.05, 0) is 43.0 Å². The largest absolute Gasteiger partial charge is 0.494 e. The first-order valence-corrected chi connectivity index (χ1v) is 5.85. The monoisotopic (exact) mass is 217 g/mol. The molecule has 1 aromatic carbocycles. The summed E-state index contributed by atoms with van der Waals surface area (Å²) in [5.41, 5.74) is 0.673. The lowest BCUT2D eigenvalue weighted by Gasteiger charge is -2.07. The third-order valence-electron chi connectivity index (χ3n) is 2.43. The molecule has 0 saturated heterocycles. The van der Waals surface area contributed by atoms with Crippen molar-refractivity contribution in [1.82, 2.24) is 0 Å². The molecule has 0 unspecified atom stereocenters. The predicted molar refractivity (Wildman–Crippen MR) is 65.3 cm³/mol. The van der Waals surface area contributed by atoms with Gasteiger partial charge < -0.3 is 4.74 Å². The van der Waals surface area contributed by atoms with E-state index in [-0.39, 0.29) is 0 Å². The average molecular weight is 217 g/mol. The molecule has 0 heterocycles. The fourth-order valence-electron chi connectivity index (χ4n) is 1.47. The van der Waals surface area contributed by atoms with Crippen molar-refractivity contribution in [2.45, 2.75) is 33.1 Å². The predicted octanol–water partition coefficient (Wildman–Crippen LogP) is 3.76. The SMILES string of the molecule is CC(C)CCCCOc1ccc(C#N)cc1. The van der Waals surface area contributed by atoms with E-state index in [9.17, 15) is 0 Å². The van der Waals surface area contributed by atoms with E-state index in [0.29, 0.717) is 5.56 Å². The van der Waals surface area contributed by atoms with Gasteiger partial charge in [0.15, 0.2) is 0 Å². The third kappa shape index (κ3) is 4.84. The van der Waals surface area contributed by atoms with Gasteiger partial charge in [-0.2, -0.15) is 5.26 Å². The van der Waals surface area contributed by atoms with Gasteiger partial charge >= 0.3 is 0 Å². The molecular weight excluding hydrogens is 198 g/mol. The Kier molecular flexibility index (Phi) is 5.42. The van der Waals surface area contributed by atoms with E-state index in [1.54, 1.807) is 12.1 Å². The van der Waals surface area contributed by atoms with Crippen LogP contribution in [-0.2, 0) is 0 Å². The zero-order valence-electron chi connectivity index (χ0n) is 10.1. The lowest BCUT2D eigenvalue weighted by Crippen LogP contribution is -1.98. The highest BCUT2D eigenvalue weighted by atomic mass is 16.5. The van der Waals surface area contributed by atoms with Crippen molar-refractivity contribution in [3.8, 4) is 11.8 Å². The lowest BCUT2D eigenvalue weighted by atomic mass is 10.1. The van der Waals surface area contributed by atoms with Crippen LogP contribution in [0.15, 0.2) is 24.3 Å². The number of hydrogen-bond donors (Lipinski definition) is 0. The molecule has 0 bridgehead atoms. The molecule has 0 aromatic heterocycles. The molecule has 86 valence electrons. The van der Waals surface area contributed by atoms with E-state index in [1.165, 1.54) is 12.8 Å². The molecule has 0 amide bonds. The first-order valence-electron chi connectivity index (χ1n) is 5.85. The third-order valence-corrected chi connectivity index (χ3v) is 2.43. The van der Waals surface area contributed by atoms with Crippen molar-refractivity contribution < 1.29 is 4.74 Å². The second kappa shape index (κ2) is 6.90. The van der Waals surface area contributed by atoms with Crippen LogP contribution in [0.3, 0.4) is 0 Å². The summed E-state index contributed by atoms with van der Waals surface area (Å²) >= 11 is 0. The highest BCUT2D eigenvalue weighted by Gasteiger charge is 1.96. The van der Waals surface area contributed by atoms with Crippen LogP contribution in [0.25, 0.3) is 0 Å². The summed E-state index contributed by atoms with van der Waals surface area (Å²) in [6.45, 7) is 5.24. The van der Waals surface area contributed by atoms with Gasteiger partial charge in [-0.3, -0.25) is 0 Å². The zero-order valence-corrected chi connectivity index (χ0v) is 10.1. The number of benzene rings is 1. The fraction of sp³-hybridized carbons (Fsp3) is 0.500. The molecule has 0 fully saturated rings. The fourth-order valence-corrected chi connectivity index (χ4v) is 1.47. The number of hydrogen-bond acceptors (Lipinski definition) is 2. The van der Waals surface area contributed by atoms with Gasteiger partial charge in [0, 0.05) is 0 Å². The van der Waals surface area contributed by atoms with Crippen LogP contribution in [0.1, 0.15) is 38.7 Å². The van der Waals surface area contributed by atoms with Gasteiger partial charge in [-0.15, -0.1) is 0 Å². The Morgan fingerprint density at radius 3 is 2.44 bits per heavy atom. The smallest absolute Gasteiger partial charge is 0.119 e. The Balaban J connectivity index is 2.20. The van der Waals surface area contributed by atoms with E-state index in [1.807, 2.05) is 12.1 Å². The summed E-state index contributed by atoms with van der Waals surface area (Å²) in [4.78, 5) is 0. The van der Waals surface area contributed by atoms with Crippen molar-refractivity contribution in [3.63, 3.8) is 0 Å². The summed E-state index contributed by atoms with van der Waals surface area (Å²) in [5, 5.41) is 8.64. The number of unbranched alkanes of at least 4 members (excludes halogenated alkanes) is 1. The number of rotatable bonds is 6. The summed E-state index contributed by atoms with van der Waals surface area (Å²) in [6.07, 6.45) is 3.57.